The zero-order chi connectivity index (χ0) is 13.8. The first-order valence-electron chi connectivity index (χ1n) is 6.63. The first-order chi connectivity index (χ1) is 8.40. The second-order valence-corrected chi connectivity index (χ2v) is 5.40. The fraction of sp³-hybridized carbons (Fsp3) is 0.846. The lowest BCUT2D eigenvalue weighted by Gasteiger charge is -2.37. The Bertz CT molecular complexity index is 309. The van der Waals surface area contributed by atoms with Crippen LogP contribution in [0.3, 0.4) is 0 Å². The van der Waals surface area contributed by atoms with Crippen LogP contribution in [0.15, 0.2) is 0 Å². The number of aliphatic carboxylic acids is 1. The molecule has 5 heteroatoms. The fourth-order valence-corrected chi connectivity index (χ4v) is 2.19. The number of likely N-dealkylation sites (tertiary alicyclic amines) is 1. The molecular weight excluding hydrogens is 232 g/mol. The molecule has 0 aromatic carbocycles. The van der Waals surface area contributed by atoms with Crippen molar-refractivity contribution in [3.8, 4) is 0 Å². The summed E-state index contributed by atoms with van der Waals surface area (Å²) in [6, 6.07) is 0. The summed E-state index contributed by atoms with van der Waals surface area (Å²) in [5.74, 6) is -0.669. The number of hydrogen-bond acceptors (Lipinski definition) is 3. The van der Waals surface area contributed by atoms with E-state index in [1.165, 1.54) is 0 Å². The minimum Gasteiger partial charge on any atom is -0.481 e. The maximum Gasteiger partial charge on any atom is 0.309 e. The standard InChI is InChI=1S/C13H24N2O3/c1-4-14-9-10(2)11(16)15-7-5-13(3,6-8-15)12(17)18/h10,14H,4-9H2,1-3H3,(H,17,18). The van der Waals surface area contributed by atoms with Crippen molar-refractivity contribution >= 4 is 11.9 Å². The molecule has 0 radical (unpaired) electrons. The van der Waals surface area contributed by atoms with Crippen LogP contribution in [0.2, 0.25) is 0 Å². The summed E-state index contributed by atoms with van der Waals surface area (Å²) in [6.07, 6.45) is 1.09. The van der Waals surface area contributed by atoms with Crippen molar-refractivity contribution in [2.24, 2.45) is 11.3 Å². The first kappa shape index (κ1) is 15.0. The van der Waals surface area contributed by atoms with Gasteiger partial charge in [0.25, 0.3) is 0 Å². The summed E-state index contributed by atoms with van der Waals surface area (Å²) >= 11 is 0. The molecule has 1 amide bonds. The van der Waals surface area contributed by atoms with Crippen molar-refractivity contribution in [1.29, 1.82) is 0 Å². The smallest absolute Gasteiger partial charge is 0.309 e. The molecular formula is C13H24N2O3. The van der Waals surface area contributed by atoms with Crippen LogP contribution in [0.1, 0.15) is 33.6 Å². The van der Waals surface area contributed by atoms with E-state index in [1.807, 2.05) is 13.8 Å². The van der Waals surface area contributed by atoms with Crippen LogP contribution in [0.5, 0.6) is 0 Å². The molecule has 1 heterocycles. The lowest BCUT2D eigenvalue weighted by Crippen LogP contribution is -2.47. The zero-order valence-electron chi connectivity index (χ0n) is 11.5. The van der Waals surface area contributed by atoms with Crippen LogP contribution in [-0.2, 0) is 9.59 Å². The SMILES string of the molecule is CCNCC(C)C(=O)N1CCC(C)(C(=O)O)CC1. The van der Waals surface area contributed by atoms with E-state index in [0.717, 1.165) is 6.54 Å². The quantitative estimate of drug-likeness (QED) is 0.768. The summed E-state index contributed by atoms with van der Waals surface area (Å²) in [6.45, 7) is 8.33. The third-order valence-electron chi connectivity index (χ3n) is 3.82. The summed E-state index contributed by atoms with van der Waals surface area (Å²) in [5.41, 5.74) is -0.665. The summed E-state index contributed by atoms with van der Waals surface area (Å²) in [4.78, 5) is 25.0. The molecule has 1 aliphatic rings. The van der Waals surface area contributed by atoms with Crippen LogP contribution < -0.4 is 5.32 Å². The number of carbonyl (C=O) groups is 2. The van der Waals surface area contributed by atoms with Crippen LogP contribution >= 0.6 is 0 Å². The van der Waals surface area contributed by atoms with Gasteiger partial charge in [-0.05, 0) is 26.3 Å². The van der Waals surface area contributed by atoms with E-state index in [1.54, 1.807) is 11.8 Å². The number of nitrogens with one attached hydrogen (secondary N) is 1. The van der Waals surface area contributed by atoms with Gasteiger partial charge in [-0.25, -0.2) is 0 Å². The van der Waals surface area contributed by atoms with Crippen molar-refractivity contribution in [2.45, 2.75) is 33.6 Å². The maximum absolute atomic E-state index is 12.1. The van der Waals surface area contributed by atoms with Gasteiger partial charge in [0.2, 0.25) is 5.91 Å². The molecule has 1 aliphatic heterocycles. The predicted molar refractivity (Wildman–Crippen MR) is 69.3 cm³/mol. The van der Waals surface area contributed by atoms with Gasteiger partial charge in [-0.1, -0.05) is 13.8 Å². The summed E-state index contributed by atoms with van der Waals surface area (Å²) in [7, 11) is 0. The molecule has 1 rings (SSSR count). The molecule has 0 saturated carbocycles. The fourth-order valence-electron chi connectivity index (χ4n) is 2.19. The van der Waals surface area contributed by atoms with Gasteiger partial charge in [0.1, 0.15) is 0 Å². The first-order valence-corrected chi connectivity index (χ1v) is 6.63. The third kappa shape index (κ3) is 3.45. The van der Waals surface area contributed by atoms with Gasteiger partial charge >= 0.3 is 5.97 Å². The van der Waals surface area contributed by atoms with Crippen molar-refractivity contribution in [2.75, 3.05) is 26.2 Å². The number of carbonyl (C=O) groups excluding carboxylic acids is 1. The van der Waals surface area contributed by atoms with E-state index in [2.05, 4.69) is 5.32 Å². The number of carboxylic acids is 1. The molecule has 0 aromatic heterocycles. The highest BCUT2D eigenvalue weighted by atomic mass is 16.4. The van der Waals surface area contributed by atoms with Gasteiger partial charge in [-0.2, -0.15) is 0 Å². The van der Waals surface area contributed by atoms with Crippen LogP contribution in [0, 0.1) is 11.3 Å². The van der Waals surface area contributed by atoms with Crippen molar-refractivity contribution in [3.63, 3.8) is 0 Å². The molecule has 0 spiro atoms. The Morgan fingerprint density at radius 2 is 1.94 bits per heavy atom. The molecule has 0 bridgehead atoms. The van der Waals surface area contributed by atoms with Gasteiger partial charge in [-0.15, -0.1) is 0 Å². The molecule has 18 heavy (non-hydrogen) atoms. The number of rotatable bonds is 5. The summed E-state index contributed by atoms with van der Waals surface area (Å²) < 4.78 is 0. The molecule has 0 aromatic rings. The molecule has 1 unspecified atom stereocenters. The molecule has 2 N–H and O–H groups in total. The minimum atomic E-state index is -0.754. The van der Waals surface area contributed by atoms with E-state index in [9.17, 15) is 9.59 Å². The molecule has 1 fully saturated rings. The molecule has 1 saturated heterocycles. The Balaban J connectivity index is 2.47. The van der Waals surface area contributed by atoms with Crippen molar-refractivity contribution < 1.29 is 14.7 Å². The Morgan fingerprint density at radius 1 is 1.39 bits per heavy atom. The van der Waals surface area contributed by atoms with E-state index >= 15 is 0 Å². The largest absolute Gasteiger partial charge is 0.481 e. The Morgan fingerprint density at radius 3 is 2.39 bits per heavy atom. The zero-order valence-corrected chi connectivity index (χ0v) is 11.5. The molecule has 0 aliphatic carbocycles. The second kappa shape index (κ2) is 6.18. The average molecular weight is 256 g/mol. The molecule has 5 nitrogen and oxygen atoms in total. The number of carboxylic acid groups (broad SMARTS) is 1. The van der Waals surface area contributed by atoms with Gasteiger partial charge < -0.3 is 15.3 Å². The average Bonchev–Trinajstić information content (AvgIpc) is 2.35. The monoisotopic (exact) mass is 256 g/mol. The normalized spacial score (nSPS) is 20.5. The Kier molecular flexibility index (Phi) is 5.14. The lowest BCUT2D eigenvalue weighted by atomic mass is 9.80. The highest BCUT2D eigenvalue weighted by Gasteiger charge is 2.38. The van der Waals surface area contributed by atoms with Crippen LogP contribution in [-0.4, -0.2) is 48.1 Å². The highest BCUT2D eigenvalue weighted by Crippen LogP contribution is 2.31. The number of nitrogens with zero attached hydrogens (tertiary/aromatic N) is 1. The molecule has 104 valence electrons. The van der Waals surface area contributed by atoms with Crippen molar-refractivity contribution in [1.82, 2.24) is 10.2 Å². The Labute approximate surface area is 109 Å². The van der Waals surface area contributed by atoms with E-state index < -0.39 is 11.4 Å². The van der Waals surface area contributed by atoms with E-state index in [-0.39, 0.29) is 11.8 Å². The highest BCUT2D eigenvalue weighted by molar-refractivity contribution is 5.80. The number of amides is 1. The molecule has 1 atom stereocenters. The second-order valence-electron chi connectivity index (χ2n) is 5.40. The number of hydrogen-bond donors (Lipinski definition) is 2. The van der Waals surface area contributed by atoms with Gasteiger partial charge in [-0.3, -0.25) is 9.59 Å². The van der Waals surface area contributed by atoms with Crippen molar-refractivity contribution in [3.05, 3.63) is 0 Å². The van der Waals surface area contributed by atoms with Crippen LogP contribution in [0.25, 0.3) is 0 Å². The maximum atomic E-state index is 12.1. The van der Waals surface area contributed by atoms with E-state index in [0.29, 0.717) is 32.5 Å². The topological polar surface area (TPSA) is 69.6 Å². The predicted octanol–water partition coefficient (Wildman–Crippen LogP) is 0.945. The number of piperidine rings is 1. The third-order valence-corrected chi connectivity index (χ3v) is 3.82. The van der Waals surface area contributed by atoms with Crippen LogP contribution in [0.4, 0.5) is 0 Å². The van der Waals surface area contributed by atoms with Gasteiger partial charge in [0, 0.05) is 25.6 Å². The van der Waals surface area contributed by atoms with Gasteiger partial charge in [0.05, 0.1) is 5.41 Å². The Hall–Kier alpha value is -1.10. The van der Waals surface area contributed by atoms with Gasteiger partial charge in [0.15, 0.2) is 0 Å². The van der Waals surface area contributed by atoms with E-state index in [4.69, 9.17) is 5.11 Å². The summed E-state index contributed by atoms with van der Waals surface area (Å²) in [5, 5.41) is 12.3. The lowest BCUT2D eigenvalue weighted by molar-refractivity contribution is -0.153. The minimum absolute atomic E-state index is 0.0425.